The SMILES string of the molecule is CCc1nc(C)c(C(=O)NC(C)(CC(=O)O)C(C)C)s1. The van der Waals surface area contributed by atoms with Gasteiger partial charge in [0.15, 0.2) is 0 Å². The molecular formula is C14H22N2O3S. The van der Waals surface area contributed by atoms with Gasteiger partial charge in [-0.1, -0.05) is 20.8 Å². The first kappa shape index (κ1) is 16.6. The van der Waals surface area contributed by atoms with Crippen LogP contribution in [-0.4, -0.2) is 27.5 Å². The number of amides is 1. The Hall–Kier alpha value is -1.43. The van der Waals surface area contributed by atoms with Crippen LogP contribution in [0.15, 0.2) is 0 Å². The molecule has 0 radical (unpaired) electrons. The van der Waals surface area contributed by atoms with Crippen molar-refractivity contribution in [3.05, 3.63) is 15.6 Å². The number of carbonyl (C=O) groups is 2. The van der Waals surface area contributed by atoms with Gasteiger partial charge in [0.25, 0.3) is 5.91 Å². The van der Waals surface area contributed by atoms with Crippen LogP contribution in [0.3, 0.4) is 0 Å². The van der Waals surface area contributed by atoms with E-state index in [1.54, 1.807) is 13.8 Å². The minimum atomic E-state index is -0.920. The maximum atomic E-state index is 12.4. The number of nitrogens with one attached hydrogen (secondary N) is 1. The van der Waals surface area contributed by atoms with E-state index in [0.717, 1.165) is 11.4 Å². The largest absolute Gasteiger partial charge is 0.481 e. The third kappa shape index (κ3) is 3.79. The lowest BCUT2D eigenvalue weighted by Gasteiger charge is -2.33. The molecule has 0 aliphatic carbocycles. The van der Waals surface area contributed by atoms with Gasteiger partial charge in [-0.2, -0.15) is 0 Å². The second-order valence-corrected chi connectivity index (χ2v) is 6.56. The summed E-state index contributed by atoms with van der Waals surface area (Å²) >= 11 is 1.37. The number of aliphatic carboxylic acids is 1. The summed E-state index contributed by atoms with van der Waals surface area (Å²) in [4.78, 5) is 28.3. The fraction of sp³-hybridized carbons (Fsp3) is 0.643. The zero-order chi connectivity index (χ0) is 15.5. The average molecular weight is 298 g/mol. The Labute approximate surface area is 123 Å². The van der Waals surface area contributed by atoms with Gasteiger partial charge in [0.2, 0.25) is 0 Å². The predicted octanol–water partition coefficient (Wildman–Crippen LogP) is 2.63. The van der Waals surface area contributed by atoms with E-state index >= 15 is 0 Å². The summed E-state index contributed by atoms with van der Waals surface area (Å²) in [7, 11) is 0. The summed E-state index contributed by atoms with van der Waals surface area (Å²) in [5.41, 5.74) is -0.0723. The van der Waals surface area contributed by atoms with Crippen molar-refractivity contribution in [3.63, 3.8) is 0 Å². The van der Waals surface area contributed by atoms with Gasteiger partial charge >= 0.3 is 5.97 Å². The van der Waals surface area contributed by atoms with Crippen molar-refractivity contribution >= 4 is 23.2 Å². The summed E-state index contributed by atoms with van der Waals surface area (Å²) in [6, 6.07) is 0. The molecule has 1 rings (SSSR count). The quantitative estimate of drug-likeness (QED) is 0.846. The number of rotatable bonds is 6. The third-order valence-electron chi connectivity index (χ3n) is 3.54. The van der Waals surface area contributed by atoms with Crippen molar-refractivity contribution in [1.82, 2.24) is 10.3 Å². The van der Waals surface area contributed by atoms with Gasteiger partial charge in [-0.15, -0.1) is 11.3 Å². The molecule has 0 fully saturated rings. The van der Waals surface area contributed by atoms with Crippen LogP contribution in [0.4, 0.5) is 0 Å². The standard InChI is InChI=1S/C14H22N2O3S/c1-6-10-15-9(4)12(20-10)13(19)16-14(5,8(2)3)7-11(17)18/h8H,6-7H2,1-5H3,(H,16,19)(H,17,18). The van der Waals surface area contributed by atoms with Crippen LogP contribution in [0.1, 0.15) is 54.5 Å². The number of hydrogen-bond acceptors (Lipinski definition) is 4. The van der Waals surface area contributed by atoms with Crippen molar-refractivity contribution in [3.8, 4) is 0 Å². The molecule has 1 unspecified atom stereocenters. The molecule has 1 aromatic rings. The summed E-state index contributed by atoms with van der Waals surface area (Å²) in [5, 5.41) is 12.8. The molecule has 0 saturated heterocycles. The molecule has 0 spiro atoms. The normalized spacial score (nSPS) is 14.1. The van der Waals surface area contributed by atoms with Crippen molar-refractivity contribution in [1.29, 1.82) is 0 Å². The molecule has 1 heterocycles. The molecule has 2 N–H and O–H groups in total. The van der Waals surface area contributed by atoms with Crippen molar-refractivity contribution in [2.75, 3.05) is 0 Å². The van der Waals surface area contributed by atoms with Crippen LogP contribution in [0.5, 0.6) is 0 Å². The lowest BCUT2D eigenvalue weighted by atomic mass is 9.85. The molecule has 112 valence electrons. The van der Waals surface area contributed by atoms with Crippen LogP contribution in [-0.2, 0) is 11.2 Å². The van der Waals surface area contributed by atoms with E-state index in [0.29, 0.717) is 10.6 Å². The molecule has 20 heavy (non-hydrogen) atoms. The van der Waals surface area contributed by atoms with Gasteiger partial charge in [-0.05, 0) is 26.2 Å². The molecule has 1 atom stereocenters. The summed E-state index contributed by atoms with van der Waals surface area (Å²) in [6.45, 7) is 9.36. The highest BCUT2D eigenvalue weighted by atomic mass is 32.1. The Morgan fingerprint density at radius 1 is 1.45 bits per heavy atom. The fourth-order valence-electron chi connectivity index (χ4n) is 1.84. The van der Waals surface area contributed by atoms with Gasteiger partial charge in [0.1, 0.15) is 4.88 Å². The fourth-order valence-corrected chi connectivity index (χ4v) is 2.74. The van der Waals surface area contributed by atoms with E-state index in [2.05, 4.69) is 10.3 Å². The highest BCUT2D eigenvalue weighted by molar-refractivity contribution is 7.13. The average Bonchev–Trinajstić information content (AvgIpc) is 2.69. The van der Waals surface area contributed by atoms with E-state index < -0.39 is 11.5 Å². The van der Waals surface area contributed by atoms with Crippen molar-refractivity contribution in [2.24, 2.45) is 5.92 Å². The molecule has 1 amide bonds. The second-order valence-electron chi connectivity index (χ2n) is 5.47. The van der Waals surface area contributed by atoms with E-state index in [1.165, 1.54) is 11.3 Å². The Kier molecular flexibility index (Phi) is 5.28. The van der Waals surface area contributed by atoms with Crippen LogP contribution in [0.2, 0.25) is 0 Å². The Bertz CT molecular complexity index is 511. The van der Waals surface area contributed by atoms with Crippen LogP contribution in [0, 0.1) is 12.8 Å². The number of aryl methyl sites for hydroxylation is 2. The maximum absolute atomic E-state index is 12.4. The lowest BCUT2D eigenvalue weighted by molar-refractivity contribution is -0.138. The molecule has 6 heteroatoms. The lowest BCUT2D eigenvalue weighted by Crippen LogP contribution is -2.51. The first-order valence-corrected chi connectivity index (χ1v) is 7.51. The van der Waals surface area contributed by atoms with E-state index in [-0.39, 0.29) is 18.2 Å². The highest BCUT2D eigenvalue weighted by Crippen LogP contribution is 2.24. The Morgan fingerprint density at radius 3 is 2.45 bits per heavy atom. The minimum absolute atomic E-state index is 0.0152. The zero-order valence-corrected chi connectivity index (χ0v) is 13.4. The molecule has 5 nitrogen and oxygen atoms in total. The third-order valence-corrected chi connectivity index (χ3v) is 4.84. The van der Waals surface area contributed by atoms with Crippen LogP contribution in [0.25, 0.3) is 0 Å². The Morgan fingerprint density at radius 2 is 2.05 bits per heavy atom. The van der Waals surface area contributed by atoms with Crippen LogP contribution >= 0.6 is 11.3 Å². The highest BCUT2D eigenvalue weighted by Gasteiger charge is 2.34. The smallest absolute Gasteiger partial charge is 0.305 e. The van der Waals surface area contributed by atoms with Crippen LogP contribution < -0.4 is 5.32 Å². The van der Waals surface area contributed by atoms with E-state index in [4.69, 9.17) is 5.11 Å². The number of aromatic nitrogens is 1. The molecule has 0 aliphatic heterocycles. The number of carboxylic acids is 1. The number of carbonyl (C=O) groups excluding carboxylic acids is 1. The first-order valence-electron chi connectivity index (χ1n) is 6.70. The topological polar surface area (TPSA) is 79.3 Å². The summed E-state index contributed by atoms with van der Waals surface area (Å²) < 4.78 is 0. The second kappa shape index (κ2) is 6.35. The molecule has 0 aromatic carbocycles. The van der Waals surface area contributed by atoms with Crippen molar-refractivity contribution in [2.45, 2.75) is 53.0 Å². The molecule has 0 bridgehead atoms. The van der Waals surface area contributed by atoms with E-state index in [9.17, 15) is 9.59 Å². The maximum Gasteiger partial charge on any atom is 0.305 e. The molecule has 0 aliphatic rings. The molecule has 0 saturated carbocycles. The summed E-state index contributed by atoms with van der Waals surface area (Å²) in [5.74, 6) is -1.14. The van der Waals surface area contributed by atoms with Gasteiger partial charge in [0.05, 0.1) is 22.7 Å². The van der Waals surface area contributed by atoms with Gasteiger partial charge in [0, 0.05) is 0 Å². The number of hydrogen-bond donors (Lipinski definition) is 2. The first-order chi connectivity index (χ1) is 9.19. The van der Waals surface area contributed by atoms with E-state index in [1.807, 2.05) is 20.8 Å². The van der Waals surface area contributed by atoms with Gasteiger partial charge < -0.3 is 10.4 Å². The summed E-state index contributed by atoms with van der Waals surface area (Å²) in [6.07, 6.45) is 0.685. The molecule has 1 aromatic heterocycles. The zero-order valence-electron chi connectivity index (χ0n) is 12.6. The Balaban J connectivity index is 2.96. The number of nitrogens with zero attached hydrogens (tertiary/aromatic N) is 1. The number of carboxylic acid groups (broad SMARTS) is 1. The predicted molar refractivity (Wildman–Crippen MR) is 79.2 cm³/mol. The molecular weight excluding hydrogens is 276 g/mol. The monoisotopic (exact) mass is 298 g/mol. The van der Waals surface area contributed by atoms with Gasteiger partial charge in [-0.25, -0.2) is 4.98 Å². The minimum Gasteiger partial charge on any atom is -0.481 e. The number of thiazole rings is 1. The van der Waals surface area contributed by atoms with Crippen molar-refractivity contribution < 1.29 is 14.7 Å². The van der Waals surface area contributed by atoms with Gasteiger partial charge in [-0.3, -0.25) is 9.59 Å².